The number of likely N-dealkylation sites (tertiary alicyclic amines) is 1. The second-order valence-corrected chi connectivity index (χ2v) is 4.71. The summed E-state index contributed by atoms with van der Waals surface area (Å²) in [6.07, 6.45) is 2.20. The molecule has 3 N–H and O–H groups in total. The Kier molecular flexibility index (Phi) is 3.37. The van der Waals surface area contributed by atoms with Crippen molar-refractivity contribution < 1.29 is 9.90 Å². The zero-order valence-corrected chi connectivity index (χ0v) is 8.99. The van der Waals surface area contributed by atoms with Gasteiger partial charge < -0.3 is 15.7 Å². The molecule has 0 unspecified atom stereocenters. The first-order chi connectivity index (χ1) is 6.47. The molecule has 0 radical (unpaired) electrons. The Hall–Kier alpha value is -0.770. The number of hydrogen-bond acceptors (Lipinski definition) is 2. The predicted molar refractivity (Wildman–Crippen MR) is 55.2 cm³/mol. The van der Waals surface area contributed by atoms with Crippen LogP contribution in [0, 0.1) is 5.92 Å². The summed E-state index contributed by atoms with van der Waals surface area (Å²) < 4.78 is 0. The van der Waals surface area contributed by atoms with Crippen LogP contribution in [0.1, 0.15) is 33.1 Å². The topological polar surface area (TPSA) is 66.6 Å². The summed E-state index contributed by atoms with van der Waals surface area (Å²) in [5.41, 5.74) is 5.24. The minimum Gasteiger partial charge on any atom is -0.465 e. The number of rotatable bonds is 3. The van der Waals surface area contributed by atoms with Crippen molar-refractivity contribution in [3.8, 4) is 0 Å². The van der Waals surface area contributed by atoms with E-state index in [1.54, 1.807) is 4.90 Å². The SMILES string of the molecule is CC1(C)C[C@@H](CCCN)CN1C(=O)O. The van der Waals surface area contributed by atoms with E-state index in [9.17, 15) is 4.79 Å². The molecular formula is C10H20N2O2. The van der Waals surface area contributed by atoms with Crippen LogP contribution in [0.25, 0.3) is 0 Å². The lowest BCUT2D eigenvalue weighted by molar-refractivity contribution is 0.117. The third kappa shape index (κ3) is 2.38. The van der Waals surface area contributed by atoms with E-state index in [1.807, 2.05) is 13.8 Å². The fourth-order valence-corrected chi connectivity index (χ4v) is 2.32. The van der Waals surface area contributed by atoms with Crippen LogP contribution in [0.3, 0.4) is 0 Å². The van der Waals surface area contributed by atoms with Gasteiger partial charge in [-0.3, -0.25) is 0 Å². The average Bonchev–Trinajstić information content (AvgIpc) is 2.37. The summed E-state index contributed by atoms with van der Waals surface area (Å²) in [4.78, 5) is 12.5. The summed E-state index contributed by atoms with van der Waals surface area (Å²) in [5.74, 6) is 0.490. The smallest absolute Gasteiger partial charge is 0.407 e. The highest BCUT2D eigenvalue weighted by Gasteiger charge is 2.40. The Balaban J connectivity index is 2.53. The Morgan fingerprint density at radius 1 is 1.64 bits per heavy atom. The summed E-state index contributed by atoms with van der Waals surface area (Å²) in [6.45, 7) is 5.35. The molecule has 4 heteroatoms. The van der Waals surface area contributed by atoms with Crippen LogP contribution in [0.2, 0.25) is 0 Å². The lowest BCUT2D eigenvalue weighted by atomic mass is 9.93. The van der Waals surface area contributed by atoms with Gasteiger partial charge in [0.05, 0.1) is 0 Å². The number of nitrogens with zero attached hydrogens (tertiary/aromatic N) is 1. The molecule has 1 aliphatic rings. The van der Waals surface area contributed by atoms with E-state index in [0.717, 1.165) is 19.3 Å². The van der Waals surface area contributed by atoms with Gasteiger partial charge in [0, 0.05) is 12.1 Å². The molecular weight excluding hydrogens is 180 g/mol. The Morgan fingerprint density at radius 2 is 2.29 bits per heavy atom. The lowest BCUT2D eigenvalue weighted by Gasteiger charge is -2.28. The van der Waals surface area contributed by atoms with E-state index >= 15 is 0 Å². The highest BCUT2D eigenvalue weighted by atomic mass is 16.4. The molecule has 0 aromatic carbocycles. The first kappa shape index (κ1) is 11.3. The van der Waals surface area contributed by atoms with E-state index in [2.05, 4.69) is 0 Å². The first-order valence-electron chi connectivity index (χ1n) is 5.18. The summed E-state index contributed by atoms with van der Waals surface area (Å²) in [5, 5.41) is 8.99. The molecule has 1 saturated heterocycles. The third-order valence-electron chi connectivity index (χ3n) is 3.01. The second-order valence-electron chi connectivity index (χ2n) is 4.71. The van der Waals surface area contributed by atoms with Gasteiger partial charge in [-0.2, -0.15) is 0 Å². The predicted octanol–water partition coefficient (Wildman–Crippen LogP) is 1.50. The molecule has 0 spiro atoms. The largest absolute Gasteiger partial charge is 0.465 e. The van der Waals surface area contributed by atoms with Gasteiger partial charge in [-0.15, -0.1) is 0 Å². The molecule has 1 amide bonds. The number of nitrogens with two attached hydrogens (primary N) is 1. The van der Waals surface area contributed by atoms with Crippen LogP contribution in [0.4, 0.5) is 4.79 Å². The van der Waals surface area contributed by atoms with Crippen LogP contribution in [-0.4, -0.2) is 34.7 Å². The average molecular weight is 200 g/mol. The molecule has 1 atom stereocenters. The standard InChI is InChI=1S/C10H20N2O2/c1-10(2)6-8(4-3-5-11)7-12(10)9(13)14/h8H,3-7,11H2,1-2H3,(H,13,14)/t8-/m1/s1. The molecule has 1 rings (SSSR count). The van der Waals surface area contributed by atoms with E-state index in [-0.39, 0.29) is 5.54 Å². The Bertz CT molecular complexity index is 216. The van der Waals surface area contributed by atoms with E-state index in [0.29, 0.717) is 19.0 Å². The Morgan fingerprint density at radius 3 is 2.71 bits per heavy atom. The summed E-state index contributed by atoms with van der Waals surface area (Å²) in [7, 11) is 0. The van der Waals surface area contributed by atoms with Crippen molar-refractivity contribution >= 4 is 6.09 Å². The van der Waals surface area contributed by atoms with Crippen molar-refractivity contribution in [1.29, 1.82) is 0 Å². The van der Waals surface area contributed by atoms with Gasteiger partial charge in [-0.05, 0) is 45.6 Å². The molecule has 1 aliphatic heterocycles. The van der Waals surface area contributed by atoms with Gasteiger partial charge in [0.1, 0.15) is 0 Å². The van der Waals surface area contributed by atoms with Crippen LogP contribution in [0.15, 0.2) is 0 Å². The Labute approximate surface area is 85.1 Å². The van der Waals surface area contributed by atoms with Crippen LogP contribution in [-0.2, 0) is 0 Å². The zero-order valence-electron chi connectivity index (χ0n) is 8.99. The monoisotopic (exact) mass is 200 g/mol. The highest BCUT2D eigenvalue weighted by molar-refractivity contribution is 5.66. The van der Waals surface area contributed by atoms with Crippen molar-refractivity contribution in [1.82, 2.24) is 4.90 Å². The number of carbonyl (C=O) groups is 1. The third-order valence-corrected chi connectivity index (χ3v) is 3.01. The molecule has 82 valence electrons. The van der Waals surface area contributed by atoms with Crippen molar-refractivity contribution in [2.45, 2.75) is 38.6 Å². The normalized spacial score (nSPS) is 25.4. The van der Waals surface area contributed by atoms with Crippen molar-refractivity contribution in [2.75, 3.05) is 13.1 Å². The fourth-order valence-electron chi connectivity index (χ4n) is 2.32. The zero-order chi connectivity index (χ0) is 10.8. The maximum atomic E-state index is 10.9. The van der Waals surface area contributed by atoms with E-state index in [1.165, 1.54) is 0 Å². The van der Waals surface area contributed by atoms with Crippen LogP contribution >= 0.6 is 0 Å². The van der Waals surface area contributed by atoms with E-state index < -0.39 is 6.09 Å². The maximum Gasteiger partial charge on any atom is 0.407 e. The van der Waals surface area contributed by atoms with Crippen molar-refractivity contribution in [3.63, 3.8) is 0 Å². The van der Waals surface area contributed by atoms with Gasteiger partial charge in [-0.25, -0.2) is 4.79 Å². The molecule has 14 heavy (non-hydrogen) atoms. The molecule has 0 aromatic heterocycles. The number of hydrogen-bond donors (Lipinski definition) is 2. The molecule has 1 fully saturated rings. The lowest BCUT2D eigenvalue weighted by Crippen LogP contribution is -2.41. The number of carboxylic acid groups (broad SMARTS) is 1. The van der Waals surface area contributed by atoms with Gasteiger partial charge in [-0.1, -0.05) is 0 Å². The van der Waals surface area contributed by atoms with E-state index in [4.69, 9.17) is 10.8 Å². The van der Waals surface area contributed by atoms with Crippen LogP contribution in [0.5, 0.6) is 0 Å². The first-order valence-corrected chi connectivity index (χ1v) is 5.18. The quantitative estimate of drug-likeness (QED) is 0.725. The molecule has 1 heterocycles. The van der Waals surface area contributed by atoms with Gasteiger partial charge in [0.15, 0.2) is 0 Å². The summed E-state index contributed by atoms with van der Waals surface area (Å²) >= 11 is 0. The van der Waals surface area contributed by atoms with Crippen molar-refractivity contribution in [3.05, 3.63) is 0 Å². The second kappa shape index (κ2) is 4.17. The number of amides is 1. The minimum atomic E-state index is -0.801. The molecule has 0 saturated carbocycles. The van der Waals surface area contributed by atoms with Crippen molar-refractivity contribution in [2.24, 2.45) is 11.7 Å². The van der Waals surface area contributed by atoms with Gasteiger partial charge >= 0.3 is 6.09 Å². The summed E-state index contributed by atoms with van der Waals surface area (Å²) in [6, 6.07) is 0. The highest BCUT2D eigenvalue weighted by Crippen LogP contribution is 2.34. The molecule has 4 nitrogen and oxygen atoms in total. The van der Waals surface area contributed by atoms with Gasteiger partial charge in [0.2, 0.25) is 0 Å². The molecule has 0 aromatic rings. The van der Waals surface area contributed by atoms with Crippen LogP contribution < -0.4 is 5.73 Å². The molecule has 0 aliphatic carbocycles. The minimum absolute atomic E-state index is 0.203. The molecule has 0 bridgehead atoms. The fraction of sp³-hybridized carbons (Fsp3) is 0.900. The van der Waals surface area contributed by atoms with Gasteiger partial charge in [0.25, 0.3) is 0 Å². The maximum absolute atomic E-state index is 10.9.